The molecule has 2 N–H and O–H groups in total. The van der Waals surface area contributed by atoms with Gasteiger partial charge in [0.1, 0.15) is 5.69 Å². The van der Waals surface area contributed by atoms with Gasteiger partial charge in [0.15, 0.2) is 0 Å². The highest BCUT2D eigenvalue weighted by molar-refractivity contribution is 6.31. The summed E-state index contributed by atoms with van der Waals surface area (Å²) in [6, 6.07) is 12.8. The van der Waals surface area contributed by atoms with Crippen LogP contribution in [0.3, 0.4) is 0 Å². The monoisotopic (exact) mass is 352 g/mol. The average Bonchev–Trinajstić information content (AvgIpc) is 2.64. The van der Waals surface area contributed by atoms with Crippen molar-refractivity contribution in [2.45, 2.75) is 13.5 Å². The fourth-order valence-corrected chi connectivity index (χ4v) is 2.42. The Balaban J connectivity index is 1.67. The quantitative estimate of drug-likeness (QED) is 0.718. The molecule has 0 aliphatic heterocycles. The Morgan fingerprint density at radius 3 is 2.76 bits per heavy atom. The van der Waals surface area contributed by atoms with E-state index in [1.165, 1.54) is 0 Å². The van der Waals surface area contributed by atoms with Gasteiger partial charge in [-0.2, -0.15) is 0 Å². The Morgan fingerprint density at radius 1 is 1.12 bits per heavy atom. The van der Waals surface area contributed by atoms with E-state index in [-0.39, 0.29) is 5.91 Å². The van der Waals surface area contributed by atoms with E-state index < -0.39 is 0 Å². The fraction of sp³-hybridized carbons (Fsp3) is 0.105. The largest absolute Gasteiger partial charge is 0.381 e. The van der Waals surface area contributed by atoms with Gasteiger partial charge >= 0.3 is 0 Å². The Hall–Kier alpha value is -2.92. The first-order valence-corrected chi connectivity index (χ1v) is 8.16. The number of rotatable bonds is 5. The normalized spacial score (nSPS) is 10.3. The van der Waals surface area contributed by atoms with Gasteiger partial charge in [0.2, 0.25) is 0 Å². The van der Waals surface area contributed by atoms with Crippen LogP contribution in [0, 0.1) is 6.92 Å². The van der Waals surface area contributed by atoms with Crippen molar-refractivity contribution in [2.75, 3.05) is 10.6 Å². The molecule has 2 heterocycles. The van der Waals surface area contributed by atoms with E-state index in [1.807, 2.05) is 37.3 Å². The van der Waals surface area contributed by atoms with E-state index in [0.717, 1.165) is 16.8 Å². The zero-order chi connectivity index (χ0) is 17.6. The molecule has 0 saturated carbocycles. The first-order valence-electron chi connectivity index (χ1n) is 7.78. The number of halogens is 1. The van der Waals surface area contributed by atoms with Gasteiger partial charge in [0.25, 0.3) is 5.91 Å². The van der Waals surface area contributed by atoms with E-state index >= 15 is 0 Å². The van der Waals surface area contributed by atoms with Crippen LogP contribution in [0.15, 0.2) is 61.1 Å². The molecule has 6 heteroatoms. The summed E-state index contributed by atoms with van der Waals surface area (Å²) in [6.07, 6.45) is 5.13. The first kappa shape index (κ1) is 16.9. The Kier molecular flexibility index (Phi) is 5.26. The minimum atomic E-state index is -0.287. The highest BCUT2D eigenvalue weighted by Gasteiger charge is 2.09. The molecule has 3 aromatic rings. The van der Waals surface area contributed by atoms with Gasteiger partial charge in [-0.15, -0.1) is 0 Å². The third-order valence-electron chi connectivity index (χ3n) is 3.64. The van der Waals surface area contributed by atoms with Crippen LogP contribution in [0.4, 0.5) is 11.4 Å². The number of aryl methyl sites for hydroxylation is 1. The second-order valence-electron chi connectivity index (χ2n) is 5.56. The van der Waals surface area contributed by atoms with Crippen LogP contribution < -0.4 is 10.6 Å². The second kappa shape index (κ2) is 7.77. The molecule has 5 nitrogen and oxygen atoms in total. The maximum atomic E-state index is 12.4. The maximum absolute atomic E-state index is 12.4. The van der Waals surface area contributed by atoms with Crippen molar-refractivity contribution < 1.29 is 4.79 Å². The predicted molar refractivity (Wildman–Crippen MR) is 99.9 cm³/mol. The summed E-state index contributed by atoms with van der Waals surface area (Å²) in [5.41, 5.74) is 3.79. The van der Waals surface area contributed by atoms with Crippen LogP contribution in [0.5, 0.6) is 0 Å². The van der Waals surface area contributed by atoms with Gasteiger partial charge in [-0.3, -0.25) is 14.8 Å². The summed E-state index contributed by atoms with van der Waals surface area (Å²) in [5.74, 6) is -0.287. The van der Waals surface area contributed by atoms with E-state index in [4.69, 9.17) is 11.6 Å². The third-order valence-corrected chi connectivity index (χ3v) is 4.05. The van der Waals surface area contributed by atoms with Gasteiger partial charge < -0.3 is 10.6 Å². The predicted octanol–water partition coefficient (Wildman–Crippen LogP) is 4.30. The molecule has 0 bridgehead atoms. The molecule has 0 atom stereocenters. The van der Waals surface area contributed by atoms with Gasteiger partial charge in [-0.05, 0) is 48.4 Å². The fourth-order valence-electron chi connectivity index (χ4n) is 2.24. The van der Waals surface area contributed by atoms with E-state index in [0.29, 0.717) is 22.9 Å². The van der Waals surface area contributed by atoms with Gasteiger partial charge in [-0.1, -0.05) is 23.7 Å². The number of hydrogen-bond acceptors (Lipinski definition) is 4. The van der Waals surface area contributed by atoms with Crippen LogP contribution in [0.2, 0.25) is 5.02 Å². The number of carbonyl (C=O) groups excluding carboxylic acids is 1. The first-order chi connectivity index (χ1) is 12.1. The number of nitrogens with one attached hydrogen (secondary N) is 2. The molecule has 25 heavy (non-hydrogen) atoms. The molecule has 0 aliphatic carbocycles. The molecule has 3 rings (SSSR count). The molecule has 0 fully saturated rings. The van der Waals surface area contributed by atoms with Crippen molar-refractivity contribution in [3.8, 4) is 0 Å². The van der Waals surface area contributed by atoms with Crippen LogP contribution >= 0.6 is 11.6 Å². The van der Waals surface area contributed by atoms with Crippen LogP contribution in [0.1, 0.15) is 21.6 Å². The SMILES string of the molecule is Cc1ccc(NC(=O)c2cc(NCc3cccnc3)ccn2)cc1Cl. The highest BCUT2D eigenvalue weighted by Crippen LogP contribution is 2.20. The van der Waals surface area contributed by atoms with Crippen molar-refractivity contribution in [1.82, 2.24) is 9.97 Å². The summed E-state index contributed by atoms with van der Waals surface area (Å²) < 4.78 is 0. The topological polar surface area (TPSA) is 66.9 Å². The van der Waals surface area contributed by atoms with Gasteiger partial charge in [-0.25, -0.2) is 0 Å². The number of aromatic nitrogens is 2. The molecule has 2 aromatic heterocycles. The van der Waals surface area contributed by atoms with Crippen LogP contribution in [-0.4, -0.2) is 15.9 Å². The summed E-state index contributed by atoms with van der Waals surface area (Å²) >= 11 is 6.09. The number of pyridine rings is 2. The summed E-state index contributed by atoms with van der Waals surface area (Å²) in [6.45, 7) is 2.53. The average molecular weight is 353 g/mol. The van der Waals surface area contributed by atoms with Crippen molar-refractivity contribution in [3.05, 3.63) is 82.9 Å². The lowest BCUT2D eigenvalue weighted by molar-refractivity contribution is 0.102. The molecule has 0 radical (unpaired) electrons. The second-order valence-corrected chi connectivity index (χ2v) is 5.97. The molecule has 126 valence electrons. The third kappa shape index (κ3) is 4.55. The van der Waals surface area contributed by atoms with Crippen molar-refractivity contribution in [2.24, 2.45) is 0 Å². The van der Waals surface area contributed by atoms with E-state index in [1.54, 1.807) is 30.7 Å². The zero-order valence-electron chi connectivity index (χ0n) is 13.7. The number of amides is 1. The number of hydrogen-bond donors (Lipinski definition) is 2. The summed E-state index contributed by atoms with van der Waals surface area (Å²) in [7, 11) is 0. The Bertz CT molecular complexity index is 884. The Labute approximate surface area is 151 Å². The summed E-state index contributed by atoms with van der Waals surface area (Å²) in [5, 5.41) is 6.67. The van der Waals surface area contributed by atoms with Crippen LogP contribution in [-0.2, 0) is 6.54 Å². The molecule has 1 aromatic carbocycles. The number of benzene rings is 1. The van der Waals surface area contributed by atoms with Crippen molar-refractivity contribution >= 4 is 28.9 Å². The molecule has 1 amide bonds. The van der Waals surface area contributed by atoms with E-state index in [9.17, 15) is 4.79 Å². The molecule has 0 saturated heterocycles. The lowest BCUT2D eigenvalue weighted by atomic mass is 10.2. The van der Waals surface area contributed by atoms with Crippen molar-refractivity contribution in [3.63, 3.8) is 0 Å². The lowest BCUT2D eigenvalue weighted by Crippen LogP contribution is -2.14. The van der Waals surface area contributed by atoms with Crippen LogP contribution in [0.25, 0.3) is 0 Å². The van der Waals surface area contributed by atoms with Crippen molar-refractivity contribution in [1.29, 1.82) is 0 Å². The van der Waals surface area contributed by atoms with E-state index in [2.05, 4.69) is 20.6 Å². The smallest absolute Gasteiger partial charge is 0.274 e. The van der Waals surface area contributed by atoms with Gasteiger partial charge in [0, 0.05) is 41.5 Å². The zero-order valence-corrected chi connectivity index (χ0v) is 14.4. The Morgan fingerprint density at radius 2 is 2.00 bits per heavy atom. The molecular weight excluding hydrogens is 336 g/mol. The number of anilines is 2. The minimum Gasteiger partial charge on any atom is -0.381 e. The molecule has 0 aliphatic rings. The lowest BCUT2D eigenvalue weighted by Gasteiger charge is -2.09. The number of nitrogens with zero attached hydrogens (tertiary/aromatic N) is 2. The number of carbonyl (C=O) groups is 1. The highest BCUT2D eigenvalue weighted by atomic mass is 35.5. The molecular formula is C19H17ClN4O. The standard InChI is InChI=1S/C19H17ClN4O/c1-13-4-5-16(9-17(13)20)24-19(25)18-10-15(6-8-22-18)23-12-14-3-2-7-21-11-14/h2-11H,12H2,1H3,(H,22,23)(H,24,25). The molecule has 0 spiro atoms. The molecule has 0 unspecified atom stereocenters. The van der Waals surface area contributed by atoms with Gasteiger partial charge in [0.05, 0.1) is 0 Å². The maximum Gasteiger partial charge on any atom is 0.274 e. The summed E-state index contributed by atoms with van der Waals surface area (Å²) in [4.78, 5) is 20.6. The minimum absolute atomic E-state index is 0.287.